The van der Waals surface area contributed by atoms with E-state index in [1.54, 1.807) is 11.0 Å². The number of piperazine rings is 1. The average molecular weight is 400 g/mol. The van der Waals surface area contributed by atoms with E-state index in [0.29, 0.717) is 37.7 Å². The van der Waals surface area contributed by atoms with E-state index in [2.05, 4.69) is 11.0 Å². The van der Waals surface area contributed by atoms with Crippen LogP contribution in [0, 0.1) is 0 Å². The molecule has 0 unspecified atom stereocenters. The summed E-state index contributed by atoms with van der Waals surface area (Å²) in [5, 5.41) is 10.4. The van der Waals surface area contributed by atoms with Crippen molar-refractivity contribution in [2.45, 2.75) is 6.42 Å². The maximum Gasteiger partial charge on any atom is 0.257 e. The van der Waals surface area contributed by atoms with E-state index in [9.17, 15) is 14.7 Å². The van der Waals surface area contributed by atoms with Crippen molar-refractivity contribution in [1.82, 2.24) is 9.80 Å². The Kier molecular flexibility index (Phi) is 5.24. The summed E-state index contributed by atoms with van der Waals surface area (Å²) < 4.78 is 0. The second-order valence-corrected chi connectivity index (χ2v) is 7.59. The van der Waals surface area contributed by atoms with Crippen LogP contribution in [0.4, 0.5) is 5.69 Å². The van der Waals surface area contributed by atoms with Gasteiger partial charge in [-0.15, -0.1) is 0 Å². The van der Waals surface area contributed by atoms with Gasteiger partial charge in [-0.25, -0.2) is 0 Å². The van der Waals surface area contributed by atoms with Crippen molar-refractivity contribution in [2.75, 3.05) is 44.2 Å². The monoisotopic (exact) mass is 399 g/mol. The molecule has 7 heteroatoms. The van der Waals surface area contributed by atoms with Crippen LogP contribution in [0.5, 0.6) is 5.75 Å². The van der Waals surface area contributed by atoms with Crippen molar-refractivity contribution in [3.05, 3.63) is 58.6 Å². The van der Waals surface area contributed by atoms with E-state index in [-0.39, 0.29) is 23.1 Å². The number of hydrogen-bond donors (Lipinski definition) is 1. The van der Waals surface area contributed by atoms with Crippen molar-refractivity contribution in [2.24, 2.45) is 0 Å². The second kappa shape index (κ2) is 7.81. The second-order valence-electron chi connectivity index (χ2n) is 7.15. The molecule has 4 rings (SSSR count). The first kappa shape index (κ1) is 18.8. The molecule has 28 heavy (non-hydrogen) atoms. The van der Waals surface area contributed by atoms with Gasteiger partial charge in [-0.1, -0.05) is 29.8 Å². The highest BCUT2D eigenvalue weighted by Crippen LogP contribution is 2.28. The first-order chi connectivity index (χ1) is 13.5. The number of rotatable bonds is 3. The Hall–Kier alpha value is -2.57. The fraction of sp³-hybridized carbons (Fsp3) is 0.333. The van der Waals surface area contributed by atoms with E-state index in [4.69, 9.17) is 11.6 Å². The number of phenolic OH excluding ortho intramolecular Hbond substituents is 1. The third kappa shape index (κ3) is 3.70. The van der Waals surface area contributed by atoms with Crippen LogP contribution < -0.4 is 4.90 Å². The number of aromatic hydroxyl groups is 1. The lowest BCUT2D eigenvalue weighted by Crippen LogP contribution is -2.51. The Bertz CT molecular complexity index is 910. The van der Waals surface area contributed by atoms with Crippen LogP contribution in [0.2, 0.25) is 5.02 Å². The highest BCUT2D eigenvalue weighted by Gasteiger charge is 2.28. The zero-order valence-electron chi connectivity index (χ0n) is 15.5. The Morgan fingerprint density at radius 1 is 1.00 bits per heavy atom. The molecule has 146 valence electrons. The van der Waals surface area contributed by atoms with Gasteiger partial charge in [0.25, 0.3) is 5.91 Å². The molecule has 6 nitrogen and oxygen atoms in total. The van der Waals surface area contributed by atoms with Crippen molar-refractivity contribution >= 4 is 29.1 Å². The average Bonchev–Trinajstić information content (AvgIpc) is 3.14. The van der Waals surface area contributed by atoms with Crippen molar-refractivity contribution < 1.29 is 14.7 Å². The minimum atomic E-state index is -0.237. The standard InChI is InChI=1S/C21H22ClN3O3/c22-16-5-6-19(26)17(13-16)21(28)24-11-9-23(10-12-24)14-20(27)25-8-7-15-3-1-2-4-18(15)25/h1-6,13,26H,7-12,14H2. The lowest BCUT2D eigenvalue weighted by atomic mass is 10.1. The van der Waals surface area contributed by atoms with Crippen LogP contribution in [-0.2, 0) is 11.2 Å². The molecule has 0 aliphatic carbocycles. The smallest absolute Gasteiger partial charge is 0.257 e. The summed E-state index contributed by atoms with van der Waals surface area (Å²) in [4.78, 5) is 31.0. The Morgan fingerprint density at radius 3 is 2.54 bits per heavy atom. The molecule has 2 amide bonds. The molecule has 2 aromatic rings. The SMILES string of the molecule is O=C(c1cc(Cl)ccc1O)N1CCN(CC(=O)N2CCc3ccccc32)CC1. The highest BCUT2D eigenvalue weighted by molar-refractivity contribution is 6.31. The van der Waals surface area contributed by atoms with Gasteiger partial charge in [-0.2, -0.15) is 0 Å². The Balaban J connectivity index is 1.34. The summed E-state index contributed by atoms with van der Waals surface area (Å²) in [6.07, 6.45) is 0.896. The van der Waals surface area contributed by atoms with Crippen LogP contribution in [0.1, 0.15) is 15.9 Å². The maximum absolute atomic E-state index is 12.8. The highest BCUT2D eigenvalue weighted by atomic mass is 35.5. The van der Waals surface area contributed by atoms with E-state index < -0.39 is 0 Å². The van der Waals surface area contributed by atoms with Crippen molar-refractivity contribution in [3.8, 4) is 5.75 Å². The zero-order chi connectivity index (χ0) is 19.7. The summed E-state index contributed by atoms with van der Waals surface area (Å²) in [5.74, 6) is -0.212. The number of hydrogen-bond acceptors (Lipinski definition) is 4. The summed E-state index contributed by atoms with van der Waals surface area (Å²) in [5.41, 5.74) is 2.44. The van der Waals surface area contributed by atoms with Crippen LogP contribution in [0.25, 0.3) is 0 Å². The van der Waals surface area contributed by atoms with E-state index in [0.717, 1.165) is 18.7 Å². The predicted octanol–water partition coefficient (Wildman–Crippen LogP) is 2.39. The number of amides is 2. The molecular weight excluding hydrogens is 378 g/mol. The number of para-hydroxylation sites is 1. The van der Waals surface area contributed by atoms with Gasteiger partial charge in [-0.3, -0.25) is 14.5 Å². The number of nitrogens with zero attached hydrogens (tertiary/aromatic N) is 3. The summed E-state index contributed by atoms with van der Waals surface area (Å²) in [6, 6.07) is 12.5. The normalized spacial score (nSPS) is 16.9. The fourth-order valence-electron chi connectivity index (χ4n) is 3.83. The minimum absolute atomic E-state index is 0.0697. The Labute approximate surface area is 168 Å². The molecule has 0 bridgehead atoms. The number of anilines is 1. The van der Waals surface area contributed by atoms with Crippen LogP contribution in [0.15, 0.2) is 42.5 Å². The number of carbonyl (C=O) groups is 2. The summed E-state index contributed by atoms with van der Waals surface area (Å²) in [7, 11) is 0. The third-order valence-electron chi connectivity index (χ3n) is 5.40. The van der Waals surface area contributed by atoms with Crippen LogP contribution >= 0.6 is 11.6 Å². The molecule has 1 fully saturated rings. The Morgan fingerprint density at radius 2 is 1.75 bits per heavy atom. The molecule has 0 saturated carbocycles. The van der Waals surface area contributed by atoms with E-state index in [1.807, 2.05) is 23.1 Å². The predicted molar refractivity (Wildman–Crippen MR) is 108 cm³/mol. The van der Waals surface area contributed by atoms with Crippen LogP contribution in [-0.4, -0.2) is 66.0 Å². The largest absolute Gasteiger partial charge is 0.507 e. The fourth-order valence-corrected chi connectivity index (χ4v) is 4.01. The van der Waals surface area contributed by atoms with Crippen molar-refractivity contribution in [3.63, 3.8) is 0 Å². The van der Waals surface area contributed by atoms with Crippen LogP contribution in [0.3, 0.4) is 0 Å². The molecular formula is C21H22ClN3O3. The molecule has 2 aliphatic heterocycles. The van der Waals surface area contributed by atoms with E-state index in [1.165, 1.54) is 17.7 Å². The molecule has 1 N–H and O–H groups in total. The topological polar surface area (TPSA) is 64.1 Å². The van der Waals surface area contributed by atoms with Gasteiger partial charge in [-0.05, 0) is 36.2 Å². The zero-order valence-corrected chi connectivity index (χ0v) is 16.2. The maximum atomic E-state index is 12.8. The van der Waals surface area contributed by atoms with Gasteiger partial charge in [0.1, 0.15) is 5.75 Å². The lowest BCUT2D eigenvalue weighted by molar-refractivity contribution is -0.120. The first-order valence-corrected chi connectivity index (χ1v) is 9.79. The number of carbonyl (C=O) groups excluding carboxylic acids is 2. The van der Waals surface area contributed by atoms with Gasteiger partial charge in [0.15, 0.2) is 0 Å². The first-order valence-electron chi connectivity index (χ1n) is 9.41. The molecule has 2 aromatic carbocycles. The van der Waals surface area contributed by atoms with Gasteiger partial charge >= 0.3 is 0 Å². The molecule has 1 saturated heterocycles. The lowest BCUT2D eigenvalue weighted by Gasteiger charge is -2.35. The molecule has 0 radical (unpaired) electrons. The number of phenols is 1. The minimum Gasteiger partial charge on any atom is -0.507 e. The molecule has 0 aromatic heterocycles. The third-order valence-corrected chi connectivity index (χ3v) is 5.63. The molecule has 0 atom stereocenters. The van der Waals surface area contributed by atoms with Crippen molar-refractivity contribution in [1.29, 1.82) is 0 Å². The van der Waals surface area contributed by atoms with Gasteiger partial charge in [0, 0.05) is 43.4 Å². The van der Waals surface area contributed by atoms with Gasteiger partial charge in [0.05, 0.1) is 12.1 Å². The number of halogens is 1. The molecule has 2 heterocycles. The molecule has 0 spiro atoms. The molecule has 2 aliphatic rings. The van der Waals surface area contributed by atoms with E-state index >= 15 is 0 Å². The quantitative estimate of drug-likeness (QED) is 0.860. The summed E-state index contributed by atoms with van der Waals surface area (Å²) in [6.45, 7) is 3.33. The summed E-state index contributed by atoms with van der Waals surface area (Å²) >= 11 is 5.95. The number of fused-ring (bicyclic) bond motifs is 1. The van der Waals surface area contributed by atoms with Gasteiger partial charge in [0.2, 0.25) is 5.91 Å². The number of benzene rings is 2. The van der Waals surface area contributed by atoms with Gasteiger partial charge < -0.3 is 14.9 Å².